The summed E-state index contributed by atoms with van der Waals surface area (Å²) in [4.78, 5) is 2.73. The Bertz CT molecular complexity index is 513. The fourth-order valence-electron chi connectivity index (χ4n) is 1.90. The molecule has 1 unspecified atom stereocenters. The molecule has 1 nitrogen and oxygen atoms in total. The zero-order valence-corrected chi connectivity index (χ0v) is 11.5. The molecule has 17 heavy (non-hydrogen) atoms. The predicted molar refractivity (Wildman–Crippen MR) is 76.7 cm³/mol. The SMILES string of the molecule is Cc1cccc(-c2ccc(C(C)CN)s2)c1C. The molecule has 0 amide bonds. The zero-order valence-electron chi connectivity index (χ0n) is 10.7. The highest BCUT2D eigenvalue weighted by molar-refractivity contribution is 7.15. The second kappa shape index (κ2) is 5.03. The van der Waals surface area contributed by atoms with E-state index in [2.05, 4.69) is 51.1 Å². The van der Waals surface area contributed by atoms with Gasteiger partial charge in [0.1, 0.15) is 0 Å². The molecular weight excluding hydrogens is 226 g/mol. The first-order valence-electron chi connectivity index (χ1n) is 6.00. The van der Waals surface area contributed by atoms with Gasteiger partial charge in [-0.2, -0.15) is 0 Å². The van der Waals surface area contributed by atoms with E-state index >= 15 is 0 Å². The van der Waals surface area contributed by atoms with E-state index in [-0.39, 0.29) is 0 Å². The monoisotopic (exact) mass is 245 g/mol. The number of benzene rings is 1. The van der Waals surface area contributed by atoms with Crippen molar-refractivity contribution >= 4 is 11.3 Å². The number of hydrogen-bond acceptors (Lipinski definition) is 2. The lowest BCUT2D eigenvalue weighted by Gasteiger charge is -2.07. The van der Waals surface area contributed by atoms with Crippen molar-refractivity contribution in [1.82, 2.24) is 0 Å². The van der Waals surface area contributed by atoms with Crippen molar-refractivity contribution in [3.63, 3.8) is 0 Å². The Morgan fingerprint density at radius 2 is 1.94 bits per heavy atom. The molecule has 0 fully saturated rings. The van der Waals surface area contributed by atoms with Crippen LogP contribution >= 0.6 is 11.3 Å². The minimum Gasteiger partial charge on any atom is -0.330 e. The number of nitrogens with two attached hydrogens (primary N) is 1. The molecular formula is C15H19NS. The van der Waals surface area contributed by atoms with Crippen LogP contribution in [-0.4, -0.2) is 6.54 Å². The van der Waals surface area contributed by atoms with E-state index in [9.17, 15) is 0 Å². The van der Waals surface area contributed by atoms with Gasteiger partial charge in [-0.3, -0.25) is 0 Å². The first kappa shape index (κ1) is 12.3. The first-order chi connectivity index (χ1) is 8.13. The van der Waals surface area contributed by atoms with E-state index < -0.39 is 0 Å². The summed E-state index contributed by atoms with van der Waals surface area (Å²) in [5, 5.41) is 0. The Morgan fingerprint density at radius 3 is 2.65 bits per heavy atom. The van der Waals surface area contributed by atoms with Crippen LogP contribution in [0, 0.1) is 13.8 Å². The van der Waals surface area contributed by atoms with Crippen LogP contribution in [0.2, 0.25) is 0 Å². The molecule has 2 heteroatoms. The van der Waals surface area contributed by atoms with Gasteiger partial charge in [-0.05, 0) is 49.2 Å². The largest absolute Gasteiger partial charge is 0.330 e. The Hall–Kier alpha value is -1.12. The highest BCUT2D eigenvalue weighted by Gasteiger charge is 2.10. The molecule has 90 valence electrons. The van der Waals surface area contributed by atoms with Gasteiger partial charge in [0, 0.05) is 15.7 Å². The molecule has 0 saturated carbocycles. The molecule has 2 aromatic rings. The van der Waals surface area contributed by atoms with Crippen LogP contribution < -0.4 is 5.73 Å². The van der Waals surface area contributed by atoms with Gasteiger partial charge < -0.3 is 5.73 Å². The maximum Gasteiger partial charge on any atom is 0.0348 e. The third-order valence-corrected chi connectivity index (χ3v) is 4.69. The lowest BCUT2D eigenvalue weighted by atomic mass is 10.0. The standard InChI is InChI=1S/C15H19NS/c1-10-5-4-6-13(12(10)3)15-8-7-14(17-15)11(2)9-16/h4-8,11H,9,16H2,1-3H3. The summed E-state index contributed by atoms with van der Waals surface area (Å²) >= 11 is 1.86. The van der Waals surface area contributed by atoms with Gasteiger partial charge in [-0.15, -0.1) is 11.3 Å². The maximum absolute atomic E-state index is 5.71. The van der Waals surface area contributed by atoms with Crippen molar-refractivity contribution in [2.45, 2.75) is 26.7 Å². The van der Waals surface area contributed by atoms with Crippen molar-refractivity contribution in [2.24, 2.45) is 5.73 Å². The average molecular weight is 245 g/mol. The molecule has 2 N–H and O–H groups in total. The van der Waals surface area contributed by atoms with E-state index in [4.69, 9.17) is 5.73 Å². The molecule has 0 bridgehead atoms. The minimum absolute atomic E-state index is 0.457. The van der Waals surface area contributed by atoms with Gasteiger partial charge in [0.05, 0.1) is 0 Å². The number of aryl methyl sites for hydroxylation is 1. The Morgan fingerprint density at radius 1 is 1.18 bits per heavy atom. The molecule has 2 rings (SSSR count). The molecule has 1 aromatic carbocycles. The van der Waals surface area contributed by atoms with Gasteiger partial charge in [0.15, 0.2) is 0 Å². The number of hydrogen-bond donors (Lipinski definition) is 1. The summed E-state index contributed by atoms with van der Waals surface area (Å²) in [6.45, 7) is 7.25. The van der Waals surface area contributed by atoms with Crippen molar-refractivity contribution in [2.75, 3.05) is 6.54 Å². The number of rotatable bonds is 3. The van der Waals surface area contributed by atoms with Crippen molar-refractivity contribution in [3.05, 3.63) is 46.3 Å². The van der Waals surface area contributed by atoms with Crippen LogP contribution in [-0.2, 0) is 0 Å². The second-order valence-electron chi connectivity index (χ2n) is 4.59. The van der Waals surface area contributed by atoms with E-state index in [0.29, 0.717) is 12.5 Å². The highest BCUT2D eigenvalue weighted by Crippen LogP contribution is 2.34. The molecule has 0 aliphatic heterocycles. The Kier molecular flexibility index (Phi) is 3.65. The molecule has 1 aromatic heterocycles. The maximum atomic E-state index is 5.71. The molecule has 0 saturated heterocycles. The van der Waals surface area contributed by atoms with Gasteiger partial charge in [-0.25, -0.2) is 0 Å². The summed E-state index contributed by atoms with van der Waals surface area (Å²) in [6.07, 6.45) is 0. The summed E-state index contributed by atoms with van der Waals surface area (Å²) in [7, 11) is 0. The first-order valence-corrected chi connectivity index (χ1v) is 6.81. The van der Waals surface area contributed by atoms with Crippen LogP contribution in [0.4, 0.5) is 0 Å². The van der Waals surface area contributed by atoms with E-state index in [1.165, 1.54) is 26.4 Å². The van der Waals surface area contributed by atoms with E-state index in [1.54, 1.807) is 0 Å². The van der Waals surface area contributed by atoms with Crippen LogP contribution in [0.3, 0.4) is 0 Å². The van der Waals surface area contributed by atoms with Gasteiger partial charge in [0.2, 0.25) is 0 Å². The molecule has 1 heterocycles. The summed E-state index contributed by atoms with van der Waals surface area (Å²) in [5.74, 6) is 0.457. The third kappa shape index (κ3) is 2.43. The lowest BCUT2D eigenvalue weighted by Crippen LogP contribution is -2.06. The molecule has 0 aliphatic rings. The Balaban J connectivity index is 2.40. The fraction of sp³-hybridized carbons (Fsp3) is 0.333. The summed E-state index contributed by atoms with van der Waals surface area (Å²) in [6, 6.07) is 10.9. The highest BCUT2D eigenvalue weighted by atomic mass is 32.1. The average Bonchev–Trinajstić information content (AvgIpc) is 2.81. The normalized spacial score (nSPS) is 12.7. The second-order valence-corrected chi connectivity index (χ2v) is 5.70. The molecule has 1 atom stereocenters. The van der Waals surface area contributed by atoms with Crippen LogP contribution in [0.1, 0.15) is 28.8 Å². The quantitative estimate of drug-likeness (QED) is 0.866. The number of thiophene rings is 1. The Labute approximate surface area is 107 Å². The minimum atomic E-state index is 0.457. The zero-order chi connectivity index (χ0) is 12.4. The molecule has 0 aliphatic carbocycles. The third-order valence-electron chi connectivity index (χ3n) is 3.34. The summed E-state index contributed by atoms with van der Waals surface area (Å²) < 4.78 is 0. The van der Waals surface area contributed by atoms with Crippen molar-refractivity contribution in [3.8, 4) is 10.4 Å². The van der Waals surface area contributed by atoms with Crippen molar-refractivity contribution in [1.29, 1.82) is 0 Å². The van der Waals surface area contributed by atoms with Crippen LogP contribution in [0.25, 0.3) is 10.4 Å². The van der Waals surface area contributed by atoms with Crippen molar-refractivity contribution < 1.29 is 0 Å². The van der Waals surface area contributed by atoms with E-state index in [1.807, 2.05) is 11.3 Å². The topological polar surface area (TPSA) is 26.0 Å². The van der Waals surface area contributed by atoms with E-state index in [0.717, 1.165) is 0 Å². The molecule has 0 radical (unpaired) electrons. The lowest BCUT2D eigenvalue weighted by molar-refractivity contribution is 0.790. The van der Waals surface area contributed by atoms with Gasteiger partial charge in [0.25, 0.3) is 0 Å². The van der Waals surface area contributed by atoms with Crippen LogP contribution in [0.5, 0.6) is 0 Å². The van der Waals surface area contributed by atoms with Gasteiger partial charge in [-0.1, -0.05) is 25.1 Å². The molecule has 0 spiro atoms. The van der Waals surface area contributed by atoms with Crippen LogP contribution in [0.15, 0.2) is 30.3 Å². The fourth-order valence-corrected chi connectivity index (χ4v) is 3.05. The summed E-state index contributed by atoms with van der Waals surface area (Å²) in [5.41, 5.74) is 9.79. The van der Waals surface area contributed by atoms with Gasteiger partial charge >= 0.3 is 0 Å². The predicted octanol–water partition coefficient (Wildman–Crippen LogP) is 4.09. The smallest absolute Gasteiger partial charge is 0.0348 e.